The summed E-state index contributed by atoms with van der Waals surface area (Å²) in [7, 11) is 0. The Balaban J connectivity index is 1.75. The average Bonchev–Trinajstić information content (AvgIpc) is 2.61. The van der Waals surface area contributed by atoms with Gasteiger partial charge in [0.1, 0.15) is 5.75 Å². The van der Waals surface area contributed by atoms with Gasteiger partial charge in [-0.05, 0) is 54.0 Å². The van der Waals surface area contributed by atoms with Crippen LogP contribution < -0.4 is 0 Å². The molecule has 25 heavy (non-hydrogen) atoms. The van der Waals surface area contributed by atoms with Crippen molar-refractivity contribution in [2.24, 2.45) is 17.8 Å². The molecule has 3 unspecified atom stereocenters. The van der Waals surface area contributed by atoms with Crippen molar-refractivity contribution in [2.45, 2.75) is 12.8 Å². The predicted molar refractivity (Wildman–Crippen MR) is 95.9 cm³/mol. The van der Waals surface area contributed by atoms with Gasteiger partial charge in [0.2, 0.25) is 0 Å². The first-order valence-electron chi connectivity index (χ1n) is 8.37. The third-order valence-electron chi connectivity index (χ3n) is 5.31. The highest BCUT2D eigenvalue weighted by atomic mass is 35.5. The normalized spacial score (nSPS) is 24.8. The maximum atomic E-state index is 13.0. The van der Waals surface area contributed by atoms with E-state index >= 15 is 0 Å². The molecule has 2 aliphatic rings. The van der Waals surface area contributed by atoms with Crippen molar-refractivity contribution in [2.75, 3.05) is 0 Å². The highest BCUT2D eigenvalue weighted by Gasteiger charge is 2.45. The molecule has 0 bridgehead atoms. The number of halogens is 1. The molecule has 0 saturated carbocycles. The van der Waals surface area contributed by atoms with Crippen LogP contribution in [0, 0.1) is 17.8 Å². The van der Waals surface area contributed by atoms with Crippen LogP contribution >= 0.6 is 11.6 Å². The summed E-state index contributed by atoms with van der Waals surface area (Å²) in [5, 5.41) is 10.6. The number of phenols is 1. The first-order valence-corrected chi connectivity index (χ1v) is 8.74. The summed E-state index contributed by atoms with van der Waals surface area (Å²) in [5.41, 5.74) is 2.05. The van der Waals surface area contributed by atoms with Crippen molar-refractivity contribution in [1.29, 1.82) is 0 Å². The fourth-order valence-corrected chi connectivity index (χ4v) is 4.33. The maximum Gasteiger partial charge on any atom is 0.178 e. The van der Waals surface area contributed by atoms with Crippen LogP contribution in [0.25, 0.3) is 0 Å². The van der Waals surface area contributed by atoms with Gasteiger partial charge >= 0.3 is 0 Å². The fraction of sp³-hybridized carbons (Fsp3) is 0.238. The topological polar surface area (TPSA) is 54.4 Å². The molecule has 1 N–H and O–H groups in total. The number of carbonyl (C=O) groups excluding carboxylic acids is 2. The van der Waals surface area contributed by atoms with Gasteiger partial charge in [0.05, 0.1) is 11.5 Å². The molecule has 126 valence electrons. The van der Waals surface area contributed by atoms with Crippen LogP contribution in [-0.2, 0) is 17.6 Å². The highest BCUT2D eigenvalue weighted by Crippen LogP contribution is 2.44. The molecule has 3 atom stereocenters. The van der Waals surface area contributed by atoms with E-state index in [-0.39, 0.29) is 34.7 Å². The molecule has 4 rings (SSSR count). The molecule has 0 fully saturated rings. The fourth-order valence-electron chi connectivity index (χ4n) is 4.10. The van der Waals surface area contributed by atoms with Crippen LogP contribution in [0.3, 0.4) is 0 Å². The molecule has 0 saturated heterocycles. The van der Waals surface area contributed by atoms with E-state index in [1.807, 2.05) is 24.3 Å². The number of hydrogen-bond donors (Lipinski definition) is 1. The summed E-state index contributed by atoms with van der Waals surface area (Å²) in [6.45, 7) is 0. The number of allylic oxidation sites excluding steroid dienone is 2. The van der Waals surface area contributed by atoms with Crippen LogP contribution in [0.4, 0.5) is 0 Å². The second-order valence-electron chi connectivity index (χ2n) is 6.75. The van der Waals surface area contributed by atoms with E-state index in [9.17, 15) is 14.7 Å². The molecule has 4 heteroatoms. The summed E-state index contributed by atoms with van der Waals surface area (Å²) >= 11 is 6.29. The second-order valence-corrected chi connectivity index (χ2v) is 7.15. The molecule has 0 radical (unpaired) electrons. The number of carbonyl (C=O) groups is 2. The molecule has 3 nitrogen and oxygen atoms in total. The average molecular weight is 353 g/mol. The van der Waals surface area contributed by atoms with Gasteiger partial charge in [-0.2, -0.15) is 0 Å². The van der Waals surface area contributed by atoms with Gasteiger partial charge < -0.3 is 5.11 Å². The molecular weight excluding hydrogens is 336 g/mol. The molecule has 0 aromatic heterocycles. The zero-order chi connectivity index (χ0) is 17.6. The second kappa shape index (κ2) is 6.16. The van der Waals surface area contributed by atoms with Crippen molar-refractivity contribution < 1.29 is 14.7 Å². The monoisotopic (exact) mass is 352 g/mol. The van der Waals surface area contributed by atoms with E-state index in [1.165, 1.54) is 17.7 Å². The Morgan fingerprint density at radius 2 is 1.84 bits per heavy atom. The predicted octanol–water partition coefficient (Wildman–Crippen LogP) is 4.01. The van der Waals surface area contributed by atoms with Gasteiger partial charge in [0.15, 0.2) is 11.6 Å². The third kappa shape index (κ3) is 2.69. The van der Waals surface area contributed by atoms with Gasteiger partial charge in [-0.1, -0.05) is 48.0 Å². The molecule has 2 aromatic rings. The molecule has 0 spiro atoms. The number of phenolic OH excluding ortho intramolecular Hbond substituents is 1. The van der Waals surface area contributed by atoms with Crippen molar-refractivity contribution in [3.8, 4) is 5.75 Å². The first-order chi connectivity index (χ1) is 12.1. The summed E-state index contributed by atoms with van der Waals surface area (Å²) in [5.74, 6) is -1.35. The largest absolute Gasteiger partial charge is 0.507 e. The van der Waals surface area contributed by atoms with Gasteiger partial charge in [-0.25, -0.2) is 0 Å². The van der Waals surface area contributed by atoms with Gasteiger partial charge in [0.25, 0.3) is 0 Å². The van der Waals surface area contributed by atoms with E-state index in [2.05, 4.69) is 12.1 Å². The van der Waals surface area contributed by atoms with Crippen molar-refractivity contribution in [3.63, 3.8) is 0 Å². The Hall–Kier alpha value is -2.39. The molecule has 2 aromatic carbocycles. The van der Waals surface area contributed by atoms with E-state index in [0.717, 1.165) is 6.42 Å². The lowest BCUT2D eigenvalue weighted by Gasteiger charge is -2.37. The summed E-state index contributed by atoms with van der Waals surface area (Å²) < 4.78 is 0. The number of rotatable bonds is 2. The Kier molecular flexibility index (Phi) is 3.97. The van der Waals surface area contributed by atoms with E-state index < -0.39 is 5.92 Å². The van der Waals surface area contributed by atoms with E-state index in [4.69, 9.17) is 11.6 Å². The van der Waals surface area contributed by atoms with Gasteiger partial charge in [0, 0.05) is 5.02 Å². The summed E-state index contributed by atoms with van der Waals surface area (Å²) in [6, 6.07) is 13.1. The lowest BCUT2D eigenvalue weighted by atomic mass is 9.64. The molecular formula is C21H17ClO3. The van der Waals surface area contributed by atoms with Crippen LogP contribution in [0.1, 0.15) is 21.5 Å². The minimum absolute atomic E-state index is 0.0839. The number of benzene rings is 2. The SMILES string of the molecule is O=C1C=CC(Cc2ccccc2)C2Cc3c(Cl)ccc(O)c3C(=O)C12. The van der Waals surface area contributed by atoms with Crippen molar-refractivity contribution in [1.82, 2.24) is 0 Å². The number of aromatic hydroxyl groups is 1. The lowest BCUT2D eigenvalue weighted by molar-refractivity contribution is -0.119. The van der Waals surface area contributed by atoms with Crippen LogP contribution in [0.2, 0.25) is 5.02 Å². The molecule has 0 heterocycles. The Morgan fingerprint density at radius 1 is 1.08 bits per heavy atom. The third-order valence-corrected chi connectivity index (χ3v) is 5.66. The van der Waals surface area contributed by atoms with Crippen LogP contribution in [0.5, 0.6) is 5.75 Å². The Morgan fingerprint density at radius 3 is 2.60 bits per heavy atom. The zero-order valence-electron chi connectivity index (χ0n) is 13.5. The van der Waals surface area contributed by atoms with Crippen LogP contribution in [-0.4, -0.2) is 16.7 Å². The van der Waals surface area contributed by atoms with Gasteiger partial charge in [-0.3, -0.25) is 9.59 Å². The van der Waals surface area contributed by atoms with Crippen LogP contribution in [0.15, 0.2) is 54.6 Å². The highest BCUT2D eigenvalue weighted by molar-refractivity contribution is 6.32. The van der Waals surface area contributed by atoms with E-state index in [0.29, 0.717) is 17.0 Å². The van der Waals surface area contributed by atoms with E-state index in [1.54, 1.807) is 6.07 Å². The number of Topliss-reactive ketones (excluding diaryl/α,β-unsaturated/α-hetero) is 1. The summed E-state index contributed by atoms with van der Waals surface area (Å²) in [6.07, 6.45) is 4.74. The standard InChI is InChI=1S/C21H17ClO3/c22-16-7-9-18(24)20-15(16)11-14-13(10-12-4-2-1-3-5-12)6-8-17(23)19(14)21(20)25/h1-9,13-14,19,24H,10-11H2. The lowest BCUT2D eigenvalue weighted by Crippen LogP contribution is -2.42. The zero-order valence-corrected chi connectivity index (χ0v) is 14.2. The molecule has 0 aliphatic heterocycles. The number of ketones is 2. The quantitative estimate of drug-likeness (QED) is 0.831. The molecule has 0 amide bonds. The first kappa shape index (κ1) is 16.1. The maximum absolute atomic E-state index is 13.0. The Bertz CT molecular complexity index is 886. The number of hydrogen-bond acceptors (Lipinski definition) is 3. The van der Waals surface area contributed by atoms with Gasteiger partial charge in [-0.15, -0.1) is 0 Å². The van der Waals surface area contributed by atoms with Crippen molar-refractivity contribution >= 4 is 23.2 Å². The minimum atomic E-state index is -0.726. The smallest absolute Gasteiger partial charge is 0.178 e. The summed E-state index contributed by atoms with van der Waals surface area (Å²) in [4.78, 5) is 25.4. The van der Waals surface area contributed by atoms with Crippen molar-refractivity contribution in [3.05, 3.63) is 76.3 Å². The minimum Gasteiger partial charge on any atom is -0.507 e. The Labute approximate surface area is 150 Å². The number of fused-ring (bicyclic) bond motifs is 2. The molecule has 2 aliphatic carbocycles.